The van der Waals surface area contributed by atoms with Gasteiger partial charge in [0, 0.05) is 17.8 Å². The molecule has 132 valence electrons. The number of non-ortho nitro benzene ring substituents is 1. The van der Waals surface area contributed by atoms with Crippen LogP contribution in [0.25, 0.3) is 0 Å². The number of rotatable bonds is 6. The summed E-state index contributed by atoms with van der Waals surface area (Å²) in [5, 5.41) is 13.8. The number of nitro groups is 1. The van der Waals surface area contributed by atoms with E-state index >= 15 is 0 Å². The van der Waals surface area contributed by atoms with Crippen molar-refractivity contribution in [3.05, 3.63) is 69.3 Å². The van der Waals surface area contributed by atoms with Gasteiger partial charge in [0.15, 0.2) is 0 Å². The summed E-state index contributed by atoms with van der Waals surface area (Å²) >= 11 is 0. The molecule has 5 heteroatoms. The summed E-state index contributed by atoms with van der Waals surface area (Å²) in [6, 6.07) is 12.2. The number of carbonyl (C=O) groups is 1. The van der Waals surface area contributed by atoms with E-state index in [1.54, 1.807) is 12.1 Å². The number of anilines is 1. The minimum Gasteiger partial charge on any atom is -0.325 e. The molecule has 2 rings (SSSR count). The molecule has 0 atom stereocenters. The Balaban J connectivity index is 2.21. The Morgan fingerprint density at radius 2 is 1.52 bits per heavy atom. The molecule has 0 aliphatic heterocycles. The van der Waals surface area contributed by atoms with E-state index in [0.29, 0.717) is 11.8 Å². The molecule has 0 fully saturated rings. The Morgan fingerprint density at radius 1 is 1.00 bits per heavy atom. The molecule has 0 bridgehead atoms. The third kappa shape index (κ3) is 4.66. The van der Waals surface area contributed by atoms with Crippen LogP contribution in [0.15, 0.2) is 42.5 Å². The van der Waals surface area contributed by atoms with Crippen molar-refractivity contribution in [2.24, 2.45) is 0 Å². The number of benzene rings is 2. The molecule has 0 radical (unpaired) electrons. The first-order valence-electron chi connectivity index (χ1n) is 8.45. The molecule has 2 aromatic carbocycles. The summed E-state index contributed by atoms with van der Waals surface area (Å²) in [6.07, 6.45) is 0.182. The Bertz CT molecular complexity index is 739. The highest BCUT2D eigenvalue weighted by molar-refractivity contribution is 5.94. The highest BCUT2D eigenvalue weighted by Crippen LogP contribution is 2.32. The highest BCUT2D eigenvalue weighted by atomic mass is 16.6. The fourth-order valence-electron chi connectivity index (χ4n) is 2.80. The summed E-state index contributed by atoms with van der Waals surface area (Å²) in [4.78, 5) is 22.8. The highest BCUT2D eigenvalue weighted by Gasteiger charge is 2.16. The zero-order valence-corrected chi connectivity index (χ0v) is 15.1. The molecule has 5 nitrogen and oxygen atoms in total. The van der Waals surface area contributed by atoms with Gasteiger partial charge in [0.05, 0.1) is 11.3 Å². The topological polar surface area (TPSA) is 72.2 Å². The zero-order chi connectivity index (χ0) is 18.6. The van der Waals surface area contributed by atoms with Crippen LogP contribution in [0.2, 0.25) is 0 Å². The van der Waals surface area contributed by atoms with Gasteiger partial charge in [-0.05, 0) is 28.5 Å². The van der Waals surface area contributed by atoms with Gasteiger partial charge in [-0.3, -0.25) is 14.9 Å². The van der Waals surface area contributed by atoms with E-state index in [1.165, 1.54) is 12.1 Å². The van der Waals surface area contributed by atoms with Gasteiger partial charge in [0.25, 0.3) is 5.69 Å². The standard InChI is InChI=1S/C20H24N2O3/c1-13(2)17-6-5-7-18(14(3)4)20(17)21-19(23)12-15-8-10-16(11-9-15)22(24)25/h5-11,13-14H,12H2,1-4H3,(H,21,23). The van der Waals surface area contributed by atoms with Crippen molar-refractivity contribution in [3.8, 4) is 0 Å². The fourth-order valence-corrected chi connectivity index (χ4v) is 2.80. The summed E-state index contributed by atoms with van der Waals surface area (Å²) in [5.41, 5.74) is 3.89. The normalized spacial score (nSPS) is 11.0. The van der Waals surface area contributed by atoms with Crippen LogP contribution >= 0.6 is 0 Å². The van der Waals surface area contributed by atoms with Crippen LogP contribution < -0.4 is 5.32 Å². The van der Waals surface area contributed by atoms with Crippen molar-refractivity contribution in [2.75, 3.05) is 5.32 Å². The van der Waals surface area contributed by atoms with Crippen molar-refractivity contribution in [2.45, 2.75) is 46.0 Å². The molecule has 0 saturated heterocycles. The smallest absolute Gasteiger partial charge is 0.269 e. The lowest BCUT2D eigenvalue weighted by atomic mass is 9.92. The van der Waals surface area contributed by atoms with Gasteiger partial charge < -0.3 is 5.32 Å². The van der Waals surface area contributed by atoms with Gasteiger partial charge in [-0.2, -0.15) is 0 Å². The van der Waals surface area contributed by atoms with Crippen molar-refractivity contribution >= 4 is 17.3 Å². The molecular formula is C20H24N2O3. The van der Waals surface area contributed by atoms with Crippen molar-refractivity contribution < 1.29 is 9.72 Å². The molecule has 25 heavy (non-hydrogen) atoms. The van der Waals surface area contributed by atoms with E-state index in [1.807, 2.05) is 18.2 Å². The maximum atomic E-state index is 12.5. The number of nitro benzene ring substituents is 1. The van der Waals surface area contributed by atoms with Crippen molar-refractivity contribution in [3.63, 3.8) is 0 Å². The summed E-state index contributed by atoms with van der Waals surface area (Å²) < 4.78 is 0. The molecule has 0 unspecified atom stereocenters. The second kappa shape index (κ2) is 7.92. The van der Waals surface area contributed by atoms with Gasteiger partial charge in [-0.1, -0.05) is 58.0 Å². The minimum absolute atomic E-state index is 0.0244. The van der Waals surface area contributed by atoms with Gasteiger partial charge >= 0.3 is 0 Å². The first kappa shape index (κ1) is 18.6. The number of nitrogens with one attached hydrogen (secondary N) is 1. The van der Waals surface area contributed by atoms with E-state index in [9.17, 15) is 14.9 Å². The van der Waals surface area contributed by atoms with Gasteiger partial charge in [0.1, 0.15) is 0 Å². The molecule has 1 N–H and O–H groups in total. The second-order valence-corrected chi connectivity index (χ2v) is 6.77. The number of carbonyl (C=O) groups excluding carboxylic acids is 1. The van der Waals surface area contributed by atoms with Crippen molar-refractivity contribution in [1.82, 2.24) is 0 Å². The molecule has 0 saturated carbocycles. The molecular weight excluding hydrogens is 316 g/mol. The van der Waals surface area contributed by atoms with Crippen LogP contribution in [-0.4, -0.2) is 10.8 Å². The van der Waals surface area contributed by atoms with E-state index < -0.39 is 4.92 Å². The second-order valence-electron chi connectivity index (χ2n) is 6.77. The quantitative estimate of drug-likeness (QED) is 0.592. The van der Waals surface area contributed by atoms with Crippen LogP contribution in [0.3, 0.4) is 0 Å². The molecule has 2 aromatic rings. The lowest BCUT2D eigenvalue weighted by molar-refractivity contribution is -0.384. The molecule has 0 aliphatic carbocycles. The SMILES string of the molecule is CC(C)c1cccc(C(C)C)c1NC(=O)Cc1ccc([N+](=O)[O-])cc1. The van der Waals surface area contributed by atoms with Crippen LogP contribution in [0.4, 0.5) is 11.4 Å². The number of para-hydroxylation sites is 1. The maximum absolute atomic E-state index is 12.5. The van der Waals surface area contributed by atoms with Crippen LogP contribution in [0.5, 0.6) is 0 Å². The molecule has 0 aromatic heterocycles. The number of nitrogens with zero attached hydrogens (tertiary/aromatic N) is 1. The lowest BCUT2D eigenvalue weighted by Gasteiger charge is -2.20. The predicted octanol–water partition coefficient (Wildman–Crippen LogP) is 5.02. The third-order valence-electron chi connectivity index (χ3n) is 4.15. The monoisotopic (exact) mass is 340 g/mol. The van der Waals surface area contributed by atoms with Crippen LogP contribution in [-0.2, 0) is 11.2 Å². The molecule has 1 amide bonds. The average Bonchev–Trinajstić information content (AvgIpc) is 2.54. The number of amides is 1. The maximum Gasteiger partial charge on any atom is 0.269 e. The Kier molecular flexibility index (Phi) is 5.91. The number of hydrogen-bond donors (Lipinski definition) is 1. The summed E-state index contributed by atoms with van der Waals surface area (Å²) in [6.45, 7) is 8.41. The van der Waals surface area contributed by atoms with Gasteiger partial charge in [0.2, 0.25) is 5.91 Å². The third-order valence-corrected chi connectivity index (χ3v) is 4.15. The largest absolute Gasteiger partial charge is 0.325 e. The first-order valence-corrected chi connectivity index (χ1v) is 8.45. The van der Waals surface area contributed by atoms with E-state index in [4.69, 9.17) is 0 Å². The van der Waals surface area contributed by atoms with E-state index in [0.717, 1.165) is 22.4 Å². The minimum atomic E-state index is -0.447. The Labute approximate surface area is 148 Å². The molecule has 0 heterocycles. The number of hydrogen-bond acceptors (Lipinski definition) is 3. The van der Waals surface area contributed by atoms with Crippen LogP contribution in [0.1, 0.15) is 56.2 Å². The Hall–Kier alpha value is -2.69. The lowest BCUT2D eigenvalue weighted by Crippen LogP contribution is -2.17. The fraction of sp³-hybridized carbons (Fsp3) is 0.350. The molecule has 0 aliphatic rings. The predicted molar refractivity (Wildman–Crippen MR) is 100 cm³/mol. The van der Waals surface area contributed by atoms with Gasteiger partial charge in [-0.15, -0.1) is 0 Å². The zero-order valence-electron chi connectivity index (χ0n) is 15.1. The van der Waals surface area contributed by atoms with Crippen LogP contribution in [0, 0.1) is 10.1 Å². The Morgan fingerprint density at radius 3 is 1.96 bits per heavy atom. The van der Waals surface area contributed by atoms with Gasteiger partial charge in [-0.25, -0.2) is 0 Å². The molecule has 0 spiro atoms. The van der Waals surface area contributed by atoms with E-state index in [2.05, 4.69) is 33.0 Å². The summed E-state index contributed by atoms with van der Waals surface area (Å²) in [7, 11) is 0. The van der Waals surface area contributed by atoms with E-state index in [-0.39, 0.29) is 18.0 Å². The first-order chi connectivity index (χ1) is 11.8. The summed E-state index contributed by atoms with van der Waals surface area (Å²) in [5.74, 6) is 0.477. The van der Waals surface area contributed by atoms with Crippen molar-refractivity contribution in [1.29, 1.82) is 0 Å². The average molecular weight is 340 g/mol.